The van der Waals surface area contributed by atoms with Gasteiger partial charge < -0.3 is 4.74 Å². The molecule has 2 rings (SSSR count). The lowest BCUT2D eigenvalue weighted by atomic mass is 10.1. The molecule has 17 heavy (non-hydrogen) atoms. The Bertz CT molecular complexity index is 487. The summed E-state index contributed by atoms with van der Waals surface area (Å²) in [4.78, 5) is 16.1. The van der Waals surface area contributed by atoms with Crippen LogP contribution in [0.25, 0.3) is 0 Å². The SMILES string of the molecule is CSC[C@H](C)N=C1OC(=O)c2cccc(Br)c21. The number of carbonyl (C=O) groups excluding carboxylic acids is 1. The van der Waals surface area contributed by atoms with Crippen LogP contribution in [-0.4, -0.2) is 29.9 Å². The minimum absolute atomic E-state index is 0.130. The van der Waals surface area contributed by atoms with Gasteiger partial charge in [0.2, 0.25) is 5.90 Å². The fourth-order valence-corrected chi connectivity index (χ4v) is 2.77. The summed E-state index contributed by atoms with van der Waals surface area (Å²) in [6, 6.07) is 5.59. The fourth-order valence-electron chi connectivity index (χ4n) is 1.67. The maximum Gasteiger partial charge on any atom is 0.345 e. The molecule has 1 aromatic carbocycles. The molecule has 0 bridgehead atoms. The summed E-state index contributed by atoms with van der Waals surface area (Å²) in [6.45, 7) is 2.01. The Kier molecular flexibility index (Phi) is 3.89. The molecule has 0 saturated heterocycles. The van der Waals surface area contributed by atoms with Gasteiger partial charge in [0.15, 0.2) is 0 Å². The second-order valence-electron chi connectivity index (χ2n) is 3.79. The number of halogens is 1. The number of rotatable bonds is 3. The smallest absolute Gasteiger partial charge is 0.345 e. The van der Waals surface area contributed by atoms with Crippen LogP contribution in [-0.2, 0) is 4.74 Å². The Morgan fingerprint density at radius 2 is 2.29 bits per heavy atom. The lowest BCUT2D eigenvalue weighted by Gasteiger charge is -2.05. The van der Waals surface area contributed by atoms with E-state index in [2.05, 4.69) is 20.9 Å². The number of thioether (sulfide) groups is 1. The van der Waals surface area contributed by atoms with Crippen LogP contribution in [0.5, 0.6) is 0 Å². The minimum Gasteiger partial charge on any atom is -0.403 e. The number of nitrogens with zero attached hydrogens (tertiary/aromatic N) is 1. The Morgan fingerprint density at radius 1 is 1.53 bits per heavy atom. The van der Waals surface area contributed by atoms with Gasteiger partial charge in [-0.25, -0.2) is 9.79 Å². The Balaban J connectivity index is 2.39. The predicted molar refractivity (Wildman–Crippen MR) is 73.9 cm³/mol. The molecule has 1 aromatic rings. The number of aliphatic imine (C=N–C) groups is 1. The molecule has 1 heterocycles. The molecule has 0 N–H and O–H groups in total. The number of fused-ring (bicyclic) bond motifs is 1. The first-order valence-corrected chi connectivity index (χ1v) is 7.40. The van der Waals surface area contributed by atoms with Crippen molar-refractivity contribution in [1.82, 2.24) is 0 Å². The van der Waals surface area contributed by atoms with Crippen molar-refractivity contribution < 1.29 is 9.53 Å². The third-order valence-corrected chi connectivity index (χ3v) is 3.86. The van der Waals surface area contributed by atoms with Crippen molar-refractivity contribution in [3.8, 4) is 0 Å². The monoisotopic (exact) mass is 313 g/mol. The first-order valence-electron chi connectivity index (χ1n) is 5.21. The van der Waals surface area contributed by atoms with E-state index >= 15 is 0 Å². The highest BCUT2D eigenvalue weighted by molar-refractivity contribution is 9.10. The first kappa shape index (κ1) is 12.6. The van der Waals surface area contributed by atoms with E-state index in [1.54, 1.807) is 17.8 Å². The van der Waals surface area contributed by atoms with Crippen molar-refractivity contribution in [3.63, 3.8) is 0 Å². The zero-order valence-corrected chi connectivity index (χ0v) is 12.0. The van der Waals surface area contributed by atoms with Crippen LogP contribution in [0.2, 0.25) is 0 Å². The molecule has 0 amide bonds. The van der Waals surface area contributed by atoms with Crippen molar-refractivity contribution in [2.24, 2.45) is 4.99 Å². The molecule has 90 valence electrons. The molecule has 1 aliphatic heterocycles. The molecule has 1 atom stereocenters. The van der Waals surface area contributed by atoms with Crippen molar-refractivity contribution in [2.75, 3.05) is 12.0 Å². The molecule has 0 fully saturated rings. The summed E-state index contributed by atoms with van der Waals surface area (Å²) >= 11 is 5.15. The molecule has 0 spiro atoms. The quantitative estimate of drug-likeness (QED) is 0.805. The second kappa shape index (κ2) is 5.23. The Morgan fingerprint density at radius 3 is 3.00 bits per heavy atom. The van der Waals surface area contributed by atoms with E-state index < -0.39 is 0 Å². The van der Waals surface area contributed by atoms with Crippen LogP contribution in [0.15, 0.2) is 27.7 Å². The number of benzene rings is 1. The molecule has 0 aromatic heterocycles. The fraction of sp³-hybridized carbons (Fsp3) is 0.333. The molecular weight excluding hydrogens is 302 g/mol. The van der Waals surface area contributed by atoms with E-state index in [0.29, 0.717) is 11.5 Å². The molecule has 5 heteroatoms. The van der Waals surface area contributed by atoms with Gasteiger partial charge >= 0.3 is 5.97 Å². The summed E-state index contributed by atoms with van der Waals surface area (Å²) < 4.78 is 6.04. The number of ether oxygens (including phenoxy) is 1. The topological polar surface area (TPSA) is 38.7 Å². The van der Waals surface area contributed by atoms with Gasteiger partial charge in [-0.05, 0) is 41.2 Å². The third kappa shape index (κ3) is 2.55. The average molecular weight is 314 g/mol. The lowest BCUT2D eigenvalue weighted by molar-refractivity contribution is 0.0736. The standard InChI is InChI=1S/C12H12BrNO2S/c1-7(6-17-2)14-11-10-8(12(15)16-11)4-3-5-9(10)13/h3-5,7H,6H2,1-2H3/t7-/m0/s1. The molecule has 0 aliphatic carbocycles. The number of cyclic esters (lactones) is 1. The van der Waals surface area contributed by atoms with E-state index in [1.165, 1.54) is 0 Å². The van der Waals surface area contributed by atoms with E-state index in [9.17, 15) is 4.79 Å². The molecule has 0 saturated carbocycles. The highest BCUT2D eigenvalue weighted by Gasteiger charge is 2.30. The number of hydrogen-bond donors (Lipinski definition) is 0. The summed E-state index contributed by atoms with van der Waals surface area (Å²) in [5.41, 5.74) is 1.35. The largest absolute Gasteiger partial charge is 0.403 e. The van der Waals surface area contributed by atoms with E-state index in [4.69, 9.17) is 4.74 Å². The molecule has 0 radical (unpaired) electrons. The lowest BCUT2D eigenvalue weighted by Crippen LogP contribution is -2.09. The highest BCUT2D eigenvalue weighted by Crippen LogP contribution is 2.28. The molecular formula is C12H12BrNO2S. The summed E-state index contributed by atoms with van der Waals surface area (Å²) in [6.07, 6.45) is 2.03. The Labute approximate surface area is 113 Å². The van der Waals surface area contributed by atoms with E-state index in [-0.39, 0.29) is 12.0 Å². The van der Waals surface area contributed by atoms with Crippen molar-refractivity contribution in [1.29, 1.82) is 0 Å². The van der Waals surface area contributed by atoms with Gasteiger partial charge in [0, 0.05) is 10.2 Å². The highest BCUT2D eigenvalue weighted by atomic mass is 79.9. The Hall–Kier alpha value is -0.810. The van der Waals surface area contributed by atoms with Crippen LogP contribution >= 0.6 is 27.7 Å². The van der Waals surface area contributed by atoms with Crippen LogP contribution in [0.4, 0.5) is 0 Å². The van der Waals surface area contributed by atoms with Gasteiger partial charge in [-0.15, -0.1) is 0 Å². The van der Waals surface area contributed by atoms with Gasteiger partial charge in [0.1, 0.15) is 0 Å². The number of carbonyl (C=O) groups is 1. The molecule has 3 nitrogen and oxygen atoms in total. The van der Waals surface area contributed by atoms with Crippen molar-refractivity contribution >= 4 is 39.6 Å². The predicted octanol–water partition coefficient (Wildman–Crippen LogP) is 3.12. The van der Waals surface area contributed by atoms with Gasteiger partial charge in [0.05, 0.1) is 17.2 Å². The van der Waals surface area contributed by atoms with Crippen molar-refractivity contribution in [3.05, 3.63) is 33.8 Å². The van der Waals surface area contributed by atoms with Crippen LogP contribution in [0, 0.1) is 0 Å². The second-order valence-corrected chi connectivity index (χ2v) is 5.56. The molecule has 0 unspecified atom stereocenters. The van der Waals surface area contributed by atoms with E-state index in [0.717, 1.165) is 15.8 Å². The average Bonchev–Trinajstić information content (AvgIpc) is 2.57. The normalized spacial score (nSPS) is 18.1. The van der Waals surface area contributed by atoms with Gasteiger partial charge in [0.25, 0.3) is 0 Å². The summed E-state index contributed by atoms with van der Waals surface area (Å²) in [7, 11) is 0. The van der Waals surface area contributed by atoms with Gasteiger partial charge in [-0.1, -0.05) is 6.07 Å². The number of esters is 1. The van der Waals surface area contributed by atoms with Gasteiger partial charge in [-0.3, -0.25) is 0 Å². The van der Waals surface area contributed by atoms with Crippen LogP contribution in [0.1, 0.15) is 22.8 Å². The number of hydrogen-bond acceptors (Lipinski definition) is 4. The summed E-state index contributed by atoms with van der Waals surface area (Å²) in [5.74, 6) is 1.01. The van der Waals surface area contributed by atoms with E-state index in [1.807, 2.05) is 25.3 Å². The van der Waals surface area contributed by atoms with Crippen LogP contribution in [0.3, 0.4) is 0 Å². The zero-order valence-electron chi connectivity index (χ0n) is 9.57. The first-order chi connectivity index (χ1) is 8.13. The third-order valence-electron chi connectivity index (χ3n) is 2.38. The zero-order chi connectivity index (χ0) is 12.4. The maximum atomic E-state index is 11.6. The van der Waals surface area contributed by atoms with Crippen LogP contribution < -0.4 is 0 Å². The summed E-state index contributed by atoms with van der Waals surface area (Å²) in [5, 5.41) is 0. The van der Waals surface area contributed by atoms with Crippen molar-refractivity contribution in [2.45, 2.75) is 13.0 Å². The van der Waals surface area contributed by atoms with Gasteiger partial charge in [-0.2, -0.15) is 11.8 Å². The maximum absolute atomic E-state index is 11.6. The molecule has 1 aliphatic rings. The minimum atomic E-state index is -0.323.